The van der Waals surface area contributed by atoms with Crippen molar-refractivity contribution in [3.05, 3.63) is 40.4 Å². The van der Waals surface area contributed by atoms with Gasteiger partial charge in [-0.1, -0.05) is 43.7 Å². The van der Waals surface area contributed by atoms with Crippen LogP contribution in [0, 0.1) is 35.5 Å². The molecule has 2 nitrogen and oxygen atoms in total. The van der Waals surface area contributed by atoms with Crippen molar-refractivity contribution in [3.8, 4) is 10.6 Å². The average molecular weight is 420 g/mol. The summed E-state index contributed by atoms with van der Waals surface area (Å²) in [6, 6.07) is 8.86. The SMILES string of the molecule is Cc1ccc(-c2nc3c(s2)C2CC[C@@H]4[C@H](CC[C@]5(C)C(=O)CC[C@@H]45)[C@@]2(C)CC3)cc1. The molecule has 1 aromatic carbocycles. The molecule has 2 aromatic rings. The van der Waals surface area contributed by atoms with E-state index in [1.807, 2.05) is 11.3 Å². The Morgan fingerprint density at radius 2 is 1.77 bits per heavy atom. The van der Waals surface area contributed by atoms with Gasteiger partial charge in [0.25, 0.3) is 0 Å². The van der Waals surface area contributed by atoms with Crippen molar-refractivity contribution >= 4 is 17.1 Å². The second-order valence-corrected chi connectivity index (χ2v) is 12.2. The van der Waals surface area contributed by atoms with Crippen LogP contribution in [0.3, 0.4) is 0 Å². The smallest absolute Gasteiger partial charge is 0.139 e. The molecule has 0 radical (unpaired) electrons. The maximum Gasteiger partial charge on any atom is 0.139 e. The third kappa shape index (κ3) is 2.54. The molecule has 6 rings (SSSR count). The van der Waals surface area contributed by atoms with E-state index in [1.165, 1.54) is 47.5 Å². The fraction of sp³-hybridized carbons (Fsp3) is 0.630. The second-order valence-electron chi connectivity index (χ2n) is 11.1. The molecule has 4 aliphatic carbocycles. The molecule has 1 heterocycles. The van der Waals surface area contributed by atoms with Crippen LogP contribution in [0.1, 0.15) is 80.8 Å². The summed E-state index contributed by atoms with van der Waals surface area (Å²) in [5.41, 5.74) is 4.34. The zero-order valence-corrected chi connectivity index (χ0v) is 19.4. The van der Waals surface area contributed by atoms with Crippen molar-refractivity contribution in [1.82, 2.24) is 4.98 Å². The predicted octanol–water partition coefficient (Wildman–Crippen LogP) is 6.96. The van der Waals surface area contributed by atoms with E-state index in [-0.39, 0.29) is 5.41 Å². The van der Waals surface area contributed by atoms with Crippen LogP contribution in [-0.2, 0) is 11.2 Å². The standard InChI is InChI=1S/C27H33NOS/c1-16-4-6-17(7-5-16)25-28-22-13-15-26(2)20-12-14-27(3)19(10-11-23(27)29)18(20)8-9-21(26)24(22)30-25/h4-7,18-21H,8-15H2,1-3H3/t18-,19-,20-,21?,26+,27-/m0/s1. The molecule has 0 amide bonds. The average Bonchev–Trinajstić information content (AvgIpc) is 3.29. The molecular formula is C27H33NOS. The Labute approximate surface area is 184 Å². The fourth-order valence-corrected chi connectivity index (χ4v) is 9.45. The highest BCUT2D eigenvalue weighted by molar-refractivity contribution is 7.15. The van der Waals surface area contributed by atoms with Crippen molar-refractivity contribution in [2.75, 3.05) is 0 Å². The van der Waals surface area contributed by atoms with Gasteiger partial charge >= 0.3 is 0 Å². The summed E-state index contributed by atoms with van der Waals surface area (Å²) in [5, 5.41) is 1.21. The monoisotopic (exact) mass is 419 g/mol. The van der Waals surface area contributed by atoms with E-state index in [4.69, 9.17) is 4.98 Å². The van der Waals surface area contributed by atoms with Gasteiger partial charge in [-0.2, -0.15) is 0 Å². The molecule has 3 fully saturated rings. The molecule has 6 atom stereocenters. The first-order chi connectivity index (χ1) is 14.4. The lowest BCUT2D eigenvalue weighted by molar-refractivity contribution is -0.134. The Morgan fingerprint density at radius 1 is 0.967 bits per heavy atom. The van der Waals surface area contributed by atoms with Crippen molar-refractivity contribution in [3.63, 3.8) is 0 Å². The largest absolute Gasteiger partial charge is 0.299 e. The van der Waals surface area contributed by atoms with Crippen LogP contribution in [0.15, 0.2) is 24.3 Å². The highest BCUT2D eigenvalue weighted by Gasteiger charge is 2.60. The van der Waals surface area contributed by atoms with Crippen molar-refractivity contribution in [2.45, 2.75) is 78.1 Å². The van der Waals surface area contributed by atoms with Gasteiger partial charge in [-0.15, -0.1) is 11.3 Å². The lowest BCUT2D eigenvalue weighted by atomic mass is 9.46. The summed E-state index contributed by atoms with van der Waals surface area (Å²) >= 11 is 1.97. The van der Waals surface area contributed by atoms with E-state index in [9.17, 15) is 4.79 Å². The van der Waals surface area contributed by atoms with Crippen LogP contribution in [0.5, 0.6) is 0 Å². The molecule has 1 aromatic heterocycles. The van der Waals surface area contributed by atoms with Gasteiger partial charge in [0, 0.05) is 28.2 Å². The van der Waals surface area contributed by atoms with E-state index in [0.29, 0.717) is 23.0 Å². The normalized spacial score (nSPS) is 39.8. The number of carbonyl (C=O) groups excluding carboxylic acids is 1. The summed E-state index contributed by atoms with van der Waals surface area (Å²) < 4.78 is 0. The van der Waals surface area contributed by atoms with Gasteiger partial charge in [0.2, 0.25) is 0 Å². The highest BCUT2D eigenvalue weighted by atomic mass is 32.1. The molecule has 1 unspecified atom stereocenters. The number of Topliss-reactive ketones (excluding diaryl/α,β-unsaturated/α-hetero) is 1. The van der Waals surface area contributed by atoms with Crippen LogP contribution in [-0.4, -0.2) is 10.8 Å². The molecule has 3 saturated carbocycles. The number of hydrogen-bond donors (Lipinski definition) is 0. The highest BCUT2D eigenvalue weighted by Crippen LogP contribution is 2.67. The summed E-state index contributed by atoms with van der Waals surface area (Å²) in [6.07, 6.45) is 9.40. The zero-order valence-electron chi connectivity index (χ0n) is 18.5. The number of thiazole rings is 1. The second kappa shape index (κ2) is 6.51. The maximum absolute atomic E-state index is 12.7. The molecule has 0 saturated heterocycles. The zero-order chi connectivity index (χ0) is 20.7. The first kappa shape index (κ1) is 19.2. The van der Waals surface area contributed by atoms with Crippen LogP contribution in [0.25, 0.3) is 10.6 Å². The quantitative estimate of drug-likeness (QED) is 0.500. The number of nitrogens with zero attached hydrogens (tertiary/aromatic N) is 1. The van der Waals surface area contributed by atoms with Crippen molar-refractivity contribution in [1.29, 1.82) is 0 Å². The molecule has 4 aliphatic rings. The number of hydrogen-bond acceptors (Lipinski definition) is 3. The first-order valence-electron chi connectivity index (χ1n) is 12.0. The number of aryl methyl sites for hydroxylation is 2. The van der Waals surface area contributed by atoms with Gasteiger partial charge in [0.05, 0.1) is 5.69 Å². The Balaban J connectivity index is 1.34. The minimum atomic E-state index is -0.00666. The molecule has 0 aliphatic heterocycles. The molecular weight excluding hydrogens is 386 g/mol. The minimum Gasteiger partial charge on any atom is -0.299 e. The van der Waals surface area contributed by atoms with E-state index in [0.717, 1.165) is 37.5 Å². The number of benzene rings is 1. The molecule has 0 spiro atoms. The summed E-state index contributed by atoms with van der Waals surface area (Å²) in [6.45, 7) is 7.05. The molecule has 0 bridgehead atoms. The number of rotatable bonds is 1. The topological polar surface area (TPSA) is 30.0 Å². The van der Waals surface area contributed by atoms with E-state index < -0.39 is 0 Å². The Kier molecular flexibility index (Phi) is 4.17. The number of aromatic nitrogens is 1. The molecule has 0 N–H and O–H groups in total. The van der Waals surface area contributed by atoms with Crippen molar-refractivity contribution in [2.24, 2.45) is 28.6 Å². The Morgan fingerprint density at radius 3 is 2.57 bits per heavy atom. The Hall–Kier alpha value is -1.48. The number of fused-ring (bicyclic) bond motifs is 7. The van der Waals surface area contributed by atoms with Crippen LogP contribution >= 0.6 is 11.3 Å². The Bertz CT molecular complexity index is 1010. The lowest BCUT2D eigenvalue weighted by Gasteiger charge is -2.59. The van der Waals surface area contributed by atoms with E-state index >= 15 is 0 Å². The maximum atomic E-state index is 12.7. The summed E-state index contributed by atoms with van der Waals surface area (Å²) in [7, 11) is 0. The van der Waals surface area contributed by atoms with Gasteiger partial charge in [0.1, 0.15) is 10.8 Å². The summed E-state index contributed by atoms with van der Waals surface area (Å²) in [4.78, 5) is 19.4. The van der Waals surface area contributed by atoms with Gasteiger partial charge in [0.15, 0.2) is 0 Å². The van der Waals surface area contributed by atoms with Gasteiger partial charge < -0.3 is 0 Å². The van der Waals surface area contributed by atoms with E-state index in [1.54, 1.807) is 4.88 Å². The third-order valence-corrected chi connectivity index (χ3v) is 11.1. The van der Waals surface area contributed by atoms with Crippen LogP contribution in [0.2, 0.25) is 0 Å². The first-order valence-corrected chi connectivity index (χ1v) is 12.8. The van der Waals surface area contributed by atoms with E-state index in [2.05, 4.69) is 45.0 Å². The predicted molar refractivity (Wildman–Crippen MR) is 123 cm³/mol. The van der Waals surface area contributed by atoms with Gasteiger partial charge in [-0.3, -0.25) is 4.79 Å². The minimum absolute atomic E-state index is 0.00666. The number of carbonyl (C=O) groups is 1. The van der Waals surface area contributed by atoms with Crippen LogP contribution in [0.4, 0.5) is 0 Å². The third-order valence-electron chi connectivity index (χ3n) is 9.82. The molecule has 30 heavy (non-hydrogen) atoms. The number of ketones is 1. The van der Waals surface area contributed by atoms with Crippen LogP contribution < -0.4 is 0 Å². The molecule has 3 heteroatoms. The van der Waals surface area contributed by atoms with Crippen molar-refractivity contribution < 1.29 is 4.79 Å². The fourth-order valence-electron chi connectivity index (χ4n) is 8.04. The van der Waals surface area contributed by atoms with Gasteiger partial charge in [-0.25, -0.2) is 4.98 Å². The van der Waals surface area contributed by atoms with Gasteiger partial charge in [-0.05, 0) is 75.0 Å². The molecule has 158 valence electrons. The summed E-state index contributed by atoms with van der Waals surface area (Å²) in [5.74, 6) is 3.43. The lowest BCUT2D eigenvalue weighted by Crippen LogP contribution is -2.52.